The average molecular weight is 320 g/mol. The van der Waals surface area contributed by atoms with Crippen LogP contribution in [0.15, 0.2) is 18.6 Å². The number of hydrogen-bond acceptors (Lipinski definition) is 5. The van der Waals surface area contributed by atoms with Crippen molar-refractivity contribution in [1.82, 2.24) is 30.2 Å². The SMILES string of the molecule is Cc1cnc(CCNC(=O)N2CCCC(n3ccnn3)C2)s1. The molecule has 0 bridgehead atoms. The maximum atomic E-state index is 12.3. The number of carbonyl (C=O) groups excluding carboxylic acids is 1. The average Bonchev–Trinajstić information content (AvgIpc) is 3.19. The Morgan fingerprint density at radius 1 is 1.55 bits per heavy atom. The molecule has 3 rings (SSSR count). The Bertz CT molecular complexity index is 611. The summed E-state index contributed by atoms with van der Waals surface area (Å²) in [6.07, 6.45) is 8.21. The zero-order valence-corrected chi connectivity index (χ0v) is 13.4. The van der Waals surface area contributed by atoms with Crippen molar-refractivity contribution in [3.05, 3.63) is 28.5 Å². The Kier molecular flexibility index (Phi) is 4.67. The van der Waals surface area contributed by atoms with Crippen molar-refractivity contribution in [2.24, 2.45) is 0 Å². The fourth-order valence-corrected chi connectivity index (χ4v) is 3.46. The molecule has 1 fully saturated rings. The van der Waals surface area contributed by atoms with Gasteiger partial charge in [0.25, 0.3) is 0 Å². The summed E-state index contributed by atoms with van der Waals surface area (Å²) in [6, 6.07) is 0.224. The molecule has 2 aromatic heterocycles. The van der Waals surface area contributed by atoms with Crippen molar-refractivity contribution in [3.8, 4) is 0 Å². The highest BCUT2D eigenvalue weighted by Gasteiger charge is 2.24. The fourth-order valence-electron chi connectivity index (χ4n) is 2.67. The third-order valence-corrected chi connectivity index (χ3v) is 4.76. The van der Waals surface area contributed by atoms with Crippen molar-refractivity contribution in [2.45, 2.75) is 32.2 Å². The van der Waals surface area contributed by atoms with Gasteiger partial charge in [0.05, 0.1) is 17.2 Å². The van der Waals surface area contributed by atoms with Crippen molar-refractivity contribution >= 4 is 17.4 Å². The van der Waals surface area contributed by atoms with Crippen LogP contribution in [-0.4, -0.2) is 50.5 Å². The van der Waals surface area contributed by atoms with Gasteiger partial charge in [0, 0.05) is 43.3 Å². The molecule has 1 atom stereocenters. The van der Waals surface area contributed by atoms with Gasteiger partial charge in [-0.05, 0) is 19.8 Å². The number of amides is 2. The van der Waals surface area contributed by atoms with E-state index in [9.17, 15) is 4.79 Å². The van der Waals surface area contributed by atoms with Crippen LogP contribution in [-0.2, 0) is 6.42 Å². The summed E-state index contributed by atoms with van der Waals surface area (Å²) in [5.74, 6) is 0. The monoisotopic (exact) mass is 320 g/mol. The fraction of sp³-hybridized carbons (Fsp3) is 0.571. The molecule has 2 aromatic rings. The van der Waals surface area contributed by atoms with Gasteiger partial charge < -0.3 is 10.2 Å². The van der Waals surface area contributed by atoms with E-state index in [-0.39, 0.29) is 12.1 Å². The van der Waals surface area contributed by atoms with Gasteiger partial charge in [-0.1, -0.05) is 5.21 Å². The van der Waals surface area contributed by atoms with Crippen LogP contribution >= 0.6 is 11.3 Å². The molecule has 0 aromatic carbocycles. The lowest BCUT2D eigenvalue weighted by atomic mass is 10.1. The maximum Gasteiger partial charge on any atom is 0.317 e. The summed E-state index contributed by atoms with van der Waals surface area (Å²) in [5.41, 5.74) is 0. The van der Waals surface area contributed by atoms with E-state index in [1.165, 1.54) is 4.88 Å². The van der Waals surface area contributed by atoms with Crippen molar-refractivity contribution in [2.75, 3.05) is 19.6 Å². The van der Waals surface area contributed by atoms with Gasteiger partial charge in [-0.15, -0.1) is 16.4 Å². The van der Waals surface area contributed by atoms with Gasteiger partial charge >= 0.3 is 6.03 Å². The van der Waals surface area contributed by atoms with Gasteiger partial charge in [-0.25, -0.2) is 14.5 Å². The van der Waals surface area contributed by atoms with Crippen LogP contribution in [0.1, 0.15) is 28.8 Å². The van der Waals surface area contributed by atoms with Gasteiger partial charge in [0.1, 0.15) is 0 Å². The maximum absolute atomic E-state index is 12.3. The minimum Gasteiger partial charge on any atom is -0.338 e. The molecule has 8 heteroatoms. The van der Waals surface area contributed by atoms with Gasteiger partial charge in [0.15, 0.2) is 0 Å². The first-order valence-electron chi connectivity index (χ1n) is 7.52. The Balaban J connectivity index is 1.47. The van der Waals surface area contributed by atoms with Crippen LogP contribution in [0.2, 0.25) is 0 Å². The standard InChI is InChI=1S/C14H20N6OS/c1-11-9-16-13(22-11)4-5-15-14(21)19-7-2-3-12(10-19)20-8-6-17-18-20/h6,8-9,12H,2-5,7,10H2,1H3,(H,15,21). The minimum absolute atomic E-state index is 0.00177. The van der Waals surface area contributed by atoms with Crippen LogP contribution in [0, 0.1) is 6.92 Å². The smallest absolute Gasteiger partial charge is 0.317 e. The van der Waals surface area contributed by atoms with Crippen LogP contribution in [0.5, 0.6) is 0 Å². The van der Waals surface area contributed by atoms with Gasteiger partial charge in [0.2, 0.25) is 0 Å². The Labute approximate surface area is 133 Å². The molecule has 3 heterocycles. The minimum atomic E-state index is -0.00177. The molecule has 0 radical (unpaired) electrons. The van der Waals surface area contributed by atoms with Crippen LogP contribution < -0.4 is 5.32 Å². The molecule has 1 unspecified atom stereocenters. The Morgan fingerprint density at radius 2 is 2.45 bits per heavy atom. The summed E-state index contributed by atoms with van der Waals surface area (Å²) in [4.78, 5) is 19.6. The molecule has 1 N–H and O–H groups in total. The lowest BCUT2D eigenvalue weighted by Gasteiger charge is -2.32. The van der Waals surface area contributed by atoms with Crippen LogP contribution in [0.25, 0.3) is 0 Å². The number of piperidine rings is 1. The molecule has 0 saturated carbocycles. The molecule has 2 amide bonds. The number of hydrogen-bond donors (Lipinski definition) is 1. The number of likely N-dealkylation sites (tertiary alicyclic amines) is 1. The number of nitrogens with one attached hydrogen (secondary N) is 1. The second kappa shape index (κ2) is 6.87. The topological polar surface area (TPSA) is 75.9 Å². The summed E-state index contributed by atoms with van der Waals surface area (Å²) >= 11 is 1.68. The van der Waals surface area contributed by atoms with E-state index in [4.69, 9.17) is 0 Å². The van der Waals surface area contributed by atoms with E-state index in [1.807, 2.05) is 28.9 Å². The summed E-state index contributed by atoms with van der Waals surface area (Å²) in [6.45, 7) is 4.15. The first kappa shape index (κ1) is 15.0. The molecular weight excluding hydrogens is 300 g/mol. The first-order chi connectivity index (χ1) is 10.7. The number of nitrogens with zero attached hydrogens (tertiary/aromatic N) is 5. The highest BCUT2D eigenvalue weighted by molar-refractivity contribution is 7.11. The molecule has 1 aliphatic heterocycles. The molecule has 1 aliphatic rings. The van der Waals surface area contributed by atoms with Crippen molar-refractivity contribution in [1.29, 1.82) is 0 Å². The number of thiazole rings is 1. The lowest BCUT2D eigenvalue weighted by molar-refractivity contribution is 0.162. The third kappa shape index (κ3) is 3.62. The van der Waals surface area contributed by atoms with Crippen molar-refractivity contribution in [3.63, 3.8) is 0 Å². The van der Waals surface area contributed by atoms with Crippen LogP contribution in [0.3, 0.4) is 0 Å². The number of rotatable bonds is 4. The molecular formula is C14H20N6OS. The Hall–Kier alpha value is -1.96. The number of aromatic nitrogens is 4. The second-order valence-corrected chi connectivity index (χ2v) is 6.79. The summed E-state index contributed by atoms with van der Waals surface area (Å²) in [5, 5.41) is 11.9. The predicted octanol–water partition coefficient (Wildman–Crippen LogP) is 1.63. The molecule has 118 valence electrons. The number of carbonyl (C=O) groups is 1. The van der Waals surface area contributed by atoms with Crippen molar-refractivity contribution < 1.29 is 4.79 Å². The zero-order chi connectivity index (χ0) is 15.4. The molecule has 7 nitrogen and oxygen atoms in total. The Morgan fingerprint density at radius 3 is 3.18 bits per heavy atom. The summed E-state index contributed by atoms with van der Waals surface area (Å²) in [7, 11) is 0. The lowest BCUT2D eigenvalue weighted by Crippen LogP contribution is -2.46. The highest BCUT2D eigenvalue weighted by atomic mass is 32.1. The largest absolute Gasteiger partial charge is 0.338 e. The predicted molar refractivity (Wildman–Crippen MR) is 83.8 cm³/mol. The van der Waals surface area contributed by atoms with E-state index in [2.05, 4.69) is 20.6 Å². The van der Waals surface area contributed by atoms with E-state index < -0.39 is 0 Å². The van der Waals surface area contributed by atoms with E-state index >= 15 is 0 Å². The van der Waals surface area contributed by atoms with E-state index in [1.54, 1.807) is 17.5 Å². The number of aryl methyl sites for hydroxylation is 1. The van der Waals surface area contributed by atoms with E-state index in [0.29, 0.717) is 13.1 Å². The molecule has 0 spiro atoms. The third-order valence-electron chi connectivity index (χ3n) is 3.78. The highest BCUT2D eigenvalue weighted by Crippen LogP contribution is 2.20. The zero-order valence-electron chi connectivity index (χ0n) is 12.6. The molecule has 22 heavy (non-hydrogen) atoms. The normalized spacial score (nSPS) is 18.4. The van der Waals surface area contributed by atoms with Gasteiger partial charge in [-0.2, -0.15) is 0 Å². The quantitative estimate of drug-likeness (QED) is 0.929. The van der Waals surface area contributed by atoms with E-state index in [0.717, 1.165) is 30.8 Å². The summed E-state index contributed by atoms with van der Waals surface area (Å²) < 4.78 is 1.85. The van der Waals surface area contributed by atoms with Crippen LogP contribution in [0.4, 0.5) is 4.79 Å². The first-order valence-corrected chi connectivity index (χ1v) is 8.34. The molecule has 1 saturated heterocycles. The van der Waals surface area contributed by atoms with Gasteiger partial charge in [-0.3, -0.25) is 0 Å². The second-order valence-electron chi connectivity index (χ2n) is 5.47. The number of urea groups is 1. The molecule has 0 aliphatic carbocycles.